The van der Waals surface area contributed by atoms with Crippen LogP contribution in [0.25, 0.3) is 10.8 Å². The average molecular weight is 449 g/mol. The fourth-order valence-electron chi connectivity index (χ4n) is 2.72. The predicted octanol–water partition coefficient (Wildman–Crippen LogP) is 2.95. The zero-order valence-corrected chi connectivity index (χ0v) is 17.6. The molecule has 0 aliphatic rings. The molecule has 10 heteroatoms. The van der Waals surface area contributed by atoms with Crippen molar-refractivity contribution in [3.05, 3.63) is 68.6 Å². The number of amides is 2. The van der Waals surface area contributed by atoms with Crippen LogP contribution in [0.3, 0.4) is 0 Å². The van der Waals surface area contributed by atoms with Crippen LogP contribution in [0.5, 0.6) is 5.75 Å². The molecule has 0 saturated heterocycles. The summed E-state index contributed by atoms with van der Waals surface area (Å²) in [6, 6.07) is 11.4. The summed E-state index contributed by atoms with van der Waals surface area (Å²) in [5.74, 6) is -1.05. The number of aryl methyl sites for hydroxylation is 1. The van der Waals surface area contributed by atoms with Crippen LogP contribution in [-0.4, -0.2) is 27.7 Å². The molecule has 0 aliphatic heterocycles. The summed E-state index contributed by atoms with van der Waals surface area (Å²) in [4.78, 5) is 37.3. The summed E-state index contributed by atoms with van der Waals surface area (Å²) >= 11 is 12.0. The summed E-state index contributed by atoms with van der Waals surface area (Å²) < 4.78 is 6.69. The van der Waals surface area contributed by atoms with Crippen molar-refractivity contribution in [1.82, 2.24) is 20.6 Å². The standard InChI is InChI=1S/C20H18Cl2N4O4/c1-3-26-20(29)13-8-5-4-7-12(13)17(25-26)19(28)24-23-18(27)11(2)30-15-10-6-9-14(21)16(15)22/h4-11H,3H2,1-2H3,(H,23,27)(H,24,28). The monoisotopic (exact) mass is 448 g/mol. The molecule has 2 N–H and O–H groups in total. The second kappa shape index (κ2) is 9.15. The molecule has 1 aromatic heterocycles. The van der Waals surface area contributed by atoms with Gasteiger partial charge in [0.2, 0.25) is 0 Å². The number of rotatable bonds is 5. The molecule has 0 spiro atoms. The van der Waals surface area contributed by atoms with Crippen LogP contribution in [-0.2, 0) is 11.3 Å². The van der Waals surface area contributed by atoms with Gasteiger partial charge in [-0.05, 0) is 32.0 Å². The molecule has 2 aromatic carbocycles. The van der Waals surface area contributed by atoms with Gasteiger partial charge in [-0.25, -0.2) is 4.68 Å². The SMILES string of the molecule is CCn1nc(C(=O)NNC(=O)C(C)Oc2cccc(Cl)c2Cl)c2ccccc2c1=O. The molecule has 8 nitrogen and oxygen atoms in total. The number of fused-ring (bicyclic) bond motifs is 1. The lowest BCUT2D eigenvalue weighted by atomic mass is 10.1. The van der Waals surface area contributed by atoms with Crippen LogP contribution in [0.1, 0.15) is 24.3 Å². The molecule has 0 bridgehead atoms. The normalized spacial score (nSPS) is 11.7. The second-order valence-electron chi connectivity index (χ2n) is 6.27. The van der Waals surface area contributed by atoms with E-state index in [1.54, 1.807) is 49.4 Å². The van der Waals surface area contributed by atoms with Crippen molar-refractivity contribution in [1.29, 1.82) is 0 Å². The number of hydrazine groups is 1. The number of nitrogens with zero attached hydrogens (tertiary/aromatic N) is 2. The first-order valence-electron chi connectivity index (χ1n) is 9.04. The predicted molar refractivity (Wildman–Crippen MR) is 114 cm³/mol. The van der Waals surface area contributed by atoms with Crippen molar-refractivity contribution in [3.63, 3.8) is 0 Å². The third kappa shape index (κ3) is 4.39. The number of hydrogen-bond donors (Lipinski definition) is 2. The zero-order chi connectivity index (χ0) is 21.8. The van der Waals surface area contributed by atoms with Gasteiger partial charge in [-0.3, -0.25) is 25.2 Å². The number of carbonyl (C=O) groups excluding carboxylic acids is 2. The van der Waals surface area contributed by atoms with Crippen molar-refractivity contribution in [2.45, 2.75) is 26.5 Å². The highest BCUT2D eigenvalue weighted by molar-refractivity contribution is 6.42. The Kier molecular flexibility index (Phi) is 6.59. The quantitative estimate of drug-likeness (QED) is 0.584. The molecular formula is C20H18Cl2N4O4. The van der Waals surface area contributed by atoms with E-state index in [0.717, 1.165) is 0 Å². The number of aromatic nitrogens is 2. The summed E-state index contributed by atoms with van der Waals surface area (Å²) in [6.07, 6.45) is -0.976. The molecule has 156 valence electrons. The van der Waals surface area contributed by atoms with Crippen LogP contribution in [0, 0.1) is 0 Å². The maximum absolute atomic E-state index is 12.6. The van der Waals surface area contributed by atoms with E-state index >= 15 is 0 Å². The minimum absolute atomic E-state index is 0.0128. The second-order valence-corrected chi connectivity index (χ2v) is 7.06. The summed E-state index contributed by atoms with van der Waals surface area (Å²) in [7, 11) is 0. The van der Waals surface area contributed by atoms with Gasteiger partial charge in [-0.2, -0.15) is 5.10 Å². The Balaban J connectivity index is 1.74. The minimum Gasteiger partial charge on any atom is -0.479 e. The number of hydrogen-bond acceptors (Lipinski definition) is 5. The van der Waals surface area contributed by atoms with Gasteiger partial charge < -0.3 is 4.74 Å². The van der Waals surface area contributed by atoms with Gasteiger partial charge in [-0.15, -0.1) is 0 Å². The van der Waals surface area contributed by atoms with Crippen LogP contribution in [0.2, 0.25) is 10.0 Å². The van der Waals surface area contributed by atoms with E-state index in [1.807, 2.05) is 0 Å². The first kappa shape index (κ1) is 21.6. The topological polar surface area (TPSA) is 102 Å². The Morgan fingerprint density at radius 2 is 1.80 bits per heavy atom. The number of carbonyl (C=O) groups is 2. The molecule has 30 heavy (non-hydrogen) atoms. The molecule has 0 fully saturated rings. The van der Waals surface area contributed by atoms with Gasteiger partial charge in [0.15, 0.2) is 11.8 Å². The number of benzene rings is 2. The first-order valence-corrected chi connectivity index (χ1v) is 9.79. The van der Waals surface area contributed by atoms with Gasteiger partial charge in [0, 0.05) is 11.9 Å². The van der Waals surface area contributed by atoms with Gasteiger partial charge in [0.05, 0.1) is 10.4 Å². The van der Waals surface area contributed by atoms with Gasteiger partial charge in [0.1, 0.15) is 10.8 Å². The molecule has 0 saturated carbocycles. The minimum atomic E-state index is -0.976. The molecule has 0 aliphatic carbocycles. The third-order valence-corrected chi connectivity index (χ3v) is 5.07. The zero-order valence-electron chi connectivity index (χ0n) is 16.1. The lowest BCUT2D eigenvalue weighted by molar-refractivity contribution is -0.128. The van der Waals surface area contributed by atoms with Crippen LogP contribution < -0.4 is 21.1 Å². The fourth-order valence-corrected chi connectivity index (χ4v) is 3.05. The largest absolute Gasteiger partial charge is 0.479 e. The van der Waals surface area contributed by atoms with Gasteiger partial charge in [-0.1, -0.05) is 47.5 Å². The van der Waals surface area contributed by atoms with Gasteiger partial charge >= 0.3 is 0 Å². The first-order chi connectivity index (χ1) is 14.3. The molecule has 1 unspecified atom stereocenters. The Labute approximate surface area is 181 Å². The van der Waals surface area contributed by atoms with E-state index in [-0.39, 0.29) is 22.0 Å². The Morgan fingerprint density at radius 3 is 2.50 bits per heavy atom. The molecule has 3 aromatic rings. The molecular weight excluding hydrogens is 431 g/mol. The van der Waals surface area contributed by atoms with Crippen molar-refractivity contribution >= 4 is 45.8 Å². The lowest BCUT2D eigenvalue weighted by Gasteiger charge is -2.16. The van der Waals surface area contributed by atoms with E-state index in [2.05, 4.69) is 16.0 Å². The van der Waals surface area contributed by atoms with Crippen molar-refractivity contribution in [2.24, 2.45) is 0 Å². The highest BCUT2D eigenvalue weighted by Gasteiger charge is 2.20. The summed E-state index contributed by atoms with van der Waals surface area (Å²) in [5.41, 5.74) is 4.30. The van der Waals surface area contributed by atoms with Crippen LogP contribution >= 0.6 is 23.2 Å². The van der Waals surface area contributed by atoms with E-state index in [9.17, 15) is 14.4 Å². The van der Waals surface area contributed by atoms with Crippen molar-refractivity contribution in [3.8, 4) is 5.75 Å². The fraction of sp³-hybridized carbons (Fsp3) is 0.200. The molecule has 1 atom stereocenters. The van der Waals surface area contributed by atoms with Crippen LogP contribution in [0.15, 0.2) is 47.3 Å². The average Bonchev–Trinajstić information content (AvgIpc) is 2.75. The van der Waals surface area contributed by atoms with E-state index in [4.69, 9.17) is 27.9 Å². The maximum atomic E-state index is 12.6. The highest BCUT2D eigenvalue weighted by Crippen LogP contribution is 2.32. The number of nitrogens with one attached hydrogen (secondary N) is 2. The molecule has 1 heterocycles. The Hall–Kier alpha value is -3.10. The maximum Gasteiger partial charge on any atom is 0.290 e. The highest BCUT2D eigenvalue weighted by atomic mass is 35.5. The number of halogens is 2. The molecule has 3 rings (SSSR count). The number of ether oxygens (including phenoxy) is 1. The van der Waals surface area contributed by atoms with E-state index in [1.165, 1.54) is 11.6 Å². The smallest absolute Gasteiger partial charge is 0.290 e. The van der Waals surface area contributed by atoms with E-state index < -0.39 is 17.9 Å². The summed E-state index contributed by atoms with van der Waals surface area (Å²) in [6.45, 7) is 3.53. The molecule has 2 amide bonds. The van der Waals surface area contributed by atoms with Crippen molar-refractivity contribution in [2.75, 3.05) is 0 Å². The Bertz CT molecular complexity index is 1180. The third-order valence-electron chi connectivity index (χ3n) is 4.27. The Morgan fingerprint density at radius 1 is 1.10 bits per heavy atom. The van der Waals surface area contributed by atoms with Gasteiger partial charge in [0.25, 0.3) is 17.4 Å². The van der Waals surface area contributed by atoms with E-state index in [0.29, 0.717) is 22.3 Å². The van der Waals surface area contributed by atoms with Crippen LogP contribution in [0.4, 0.5) is 0 Å². The lowest BCUT2D eigenvalue weighted by Crippen LogP contribution is -2.47. The van der Waals surface area contributed by atoms with Crippen molar-refractivity contribution < 1.29 is 14.3 Å². The summed E-state index contributed by atoms with van der Waals surface area (Å²) in [5, 5.41) is 5.32. The molecule has 0 radical (unpaired) electrons.